The molecule has 1 amide bonds. The minimum atomic E-state index is -1.03. The van der Waals surface area contributed by atoms with Crippen LogP contribution >= 0.6 is 0 Å². The molecule has 0 spiro atoms. The third-order valence-electron chi connectivity index (χ3n) is 2.66. The normalized spacial score (nSPS) is 13.8. The highest BCUT2D eigenvalue weighted by Gasteiger charge is 2.22. The molecule has 0 saturated carbocycles. The highest BCUT2D eigenvalue weighted by molar-refractivity contribution is 5.87. The van der Waals surface area contributed by atoms with E-state index in [4.69, 9.17) is 5.11 Å². The van der Waals surface area contributed by atoms with E-state index in [0.29, 0.717) is 6.42 Å². The van der Waals surface area contributed by atoms with Crippen molar-refractivity contribution >= 4 is 11.9 Å². The van der Waals surface area contributed by atoms with Crippen molar-refractivity contribution in [3.63, 3.8) is 0 Å². The standard InChI is InChI=1S/C13H17NO3/c1-3-11(10-7-5-4-6-8-10)12(15)14-9(2)13(16)17/h4-9,11H,3H2,1-2H3,(H,14,15)(H,16,17). The lowest BCUT2D eigenvalue weighted by Gasteiger charge is -2.17. The van der Waals surface area contributed by atoms with Crippen molar-refractivity contribution in [1.29, 1.82) is 0 Å². The number of hydrogen-bond donors (Lipinski definition) is 2. The maximum Gasteiger partial charge on any atom is 0.325 e. The van der Waals surface area contributed by atoms with E-state index in [9.17, 15) is 9.59 Å². The second kappa shape index (κ2) is 6.03. The van der Waals surface area contributed by atoms with Crippen LogP contribution in [0.4, 0.5) is 0 Å². The van der Waals surface area contributed by atoms with Gasteiger partial charge in [-0.1, -0.05) is 37.3 Å². The van der Waals surface area contributed by atoms with Crippen LogP contribution in [0.25, 0.3) is 0 Å². The first-order valence-electron chi connectivity index (χ1n) is 5.64. The van der Waals surface area contributed by atoms with Gasteiger partial charge in [-0.25, -0.2) is 0 Å². The molecule has 0 fully saturated rings. The summed E-state index contributed by atoms with van der Waals surface area (Å²) in [6.07, 6.45) is 0.641. The third-order valence-corrected chi connectivity index (χ3v) is 2.66. The Kier molecular flexibility index (Phi) is 4.69. The van der Waals surface area contributed by atoms with Gasteiger partial charge >= 0.3 is 5.97 Å². The number of nitrogens with one attached hydrogen (secondary N) is 1. The SMILES string of the molecule is CCC(C(=O)NC(C)C(=O)O)c1ccccc1. The molecular formula is C13H17NO3. The largest absolute Gasteiger partial charge is 0.480 e. The number of carboxylic acids is 1. The summed E-state index contributed by atoms with van der Waals surface area (Å²) in [5.74, 6) is -1.56. The van der Waals surface area contributed by atoms with E-state index >= 15 is 0 Å². The van der Waals surface area contributed by atoms with Gasteiger partial charge in [0.05, 0.1) is 5.92 Å². The lowest BCUT2D eigenvalue weighted by atomic mass is 9.95. The quantitative estimate of drug-likeness (QED) is 0.817. The van der Waals surface area contributed by atoms with Crippen LogP contribution in [0.1, 0.15) is 31.7 Å². The number of benzene rings is 1. The molecule has 17 heavy (non-hydrogen) atoms. The van der Waals surface area contributed by atoms with Crippen LogP contribution in [0, 0.1) is 0 Å². The van der Waals surface area contributed by atoms with Crippen LogP contribution < -0.4 is 5.32 Å². The highest BCUT2D eigenvalue weighted by atomic mass is 16.4. The first-order valence-corrected chi connectivity index (χ1v) is 5.64. The van der Waals surface area contributed by atoms with Crippen LogP contribution in [-0.4, -0.2) is 23.0 Å². The molecule has 0 aliphatic carbocycles. The lowest BCUT2D eigenvalue weighted by Crippen LogP contribution is -2.40. The van der Waals surface area contributed by atoms with Crippen molar-refractivity contribution < 1.29 is 14.7 Å². The summed E-state index contributed by atoms with van der Waals surface area (Å²) in [6.45, 7) is 3.36. The Labute approximate surface area is 101 Å². The van der Waals surface area contributed by atoms with Gasteiger partial charge in [0.2, 0.25) is 5.91 Å². The molecule has 4 heteroatoms. The fourth-order valence-electron chi connectivity index (χ4n) is 1.63. The Bertz CT molecular complexity index is 389. The van der Waals surface area contributed by atoms with E-state index in [1.165, 1.54) is 6.92 Å². The van der Waals surface area contributed by atoms with Crippen LogP contribution in [-0.2, 0) is 9.59 Å². The molecule has 0 aliphatic heterocycles. The van der Waals surface area contributed by atoms with Crippen LogP contribution in [0.2, 0.25) is 0 Å². The Hall–Kier alpha value is -1.84. The van der Waals surface area contributed by atoms with E-state index < -0.39 is 12.0 Å². The van der Waals surface area contributed by atoms with Crippen molar-refractivity contribution in [2.24, 2.45) is 0 Å². The molecule has 4 nitrogen and oxygen atoms in total. The van der Waals surface area contributed by atoms with E-state index in [2.05, 4.69) is 5.32 Å². The summed E-state index contributed by atoms with van der Waals surface area (Å²) in [5, 5.41) is 11.2. The Morgan fingerprint density at radius 3 is 2.35 bits per heavy atom. The van der Waals surface area contributed by atoms with Gasteiger partial charge in [-0.15, -0.1) is 0 Å². The zero-order valence-corrected chi connectivity index (χ0v) is 10.0. The smallest absolute Gasteiger partial charge is 0.325 e. The maximum atomic E-state index is 11.9. The number of amides is 1. The Balaban J connectivity index is 2.75. The number of carboxylic acid groups (broad SMARTS) is 1. The molecular weight excluding hydrogens is 218 g/mol. The van der Waals surface area contributed by atoms with Crippen molar-refractivity contribution in [2.45, 2.75) is 32.2 Å². The third kappa shape index (κ3) is 3.59. The summed E-state index contributed by atoms with van der Waals surface area (Å²) in [5.41, 5.74) is 0.907. The molecule has 1 rings (SSSR count). The number of carbonyl (C=O) groups is 2. The van der Waals surface area contributed by atoms with E-state index in [0.717, 1.165) is 5.56 Å². The van der Waals surface area contributed by atoms with Crippen molar-refractivity contribution in [1.82, 2.24) is 5.32 Å². The van der Waals surface area contributed by atoms with Crippen LogP contribution in [0.5, 0.6) is 0 Å². The maximum absolute atomic E-state index is 11.9. The molecule has 2 atom stereocenters. The molecule has 92 valence electrons. The minimum Gasteiger partial charge on any atom is -0.480 e. The second-order valence-electron chi connectivity index (χ2n) is 3.94. The van der Waals surface area contributed by atoms with Crippen LogP contribution in [0.3, 0.4) is 0 Å². The van der Waals surface area contributed by atoms with Gasteiger partial charge in [0, 0.05) is 0 Å². The molecule has 0 saturated heterocycles. The molecule has 0 heterocycles. The van der Waals surface area contributed by atoms with Gasteiger partial charge in [-0.2, -0.15) is 0 Å². The fourth-order valence-corrected chi connectivity index (χ4v) is 1.63. The number of hydrogen-bond acceptors (Lipinski definition) is 2. The van der Waals surface area contributed by atoms with E-state index in [-0.39, 0.29) is 11.8 Å². The summed E-state index contributed by atoms with van der Waals surface area (Å²) in [7, 11) is 0. The van der Waals surface area contributed by atoms with Gasteiger partial charge in [0.1, 0.15) is 6.04 Å². The molecule has 0 bridgehead atoms. The van der Waals surface area contributed by atoms with E-state index in [1.54, 1.807) is 0 Å². The van der Waals surface area contributed by atoms with Gasteiger partial charge in [-0.05, 0) is 18.9 Å². The zero-order chi connectivity index (χ0) is 12.8. The minimum absolute atomic E-state index is 0.242. The van der Waals surface area contributed by atoms with Gasteiger partial charge in [0.25, 0.3) is 0 Å². The average molecular weight is 235 g/mol. The number of rotatable bonds is 5. The molecule has 2 N–H and O–H groups in total. The van der Waals surface area contributed by atoms with Crippen LogP contribution in [0.15, 0.2) is 30.3 Å². The zero-order valence-electron chi connectivity index (χ0n) is 10.0. The molecule has 2 unspecified atom stereocenters. The predicted octanol–water partition coefficient (Wildman–Crippen LogP) is 1.77. The van der Waals surface area contributed by atoms with Crippen molar-refractivity contribution in [2.75, 3.05) is 0 Å². The second-order valence-corrected chi connectivity index (χ2v) is 3.94. The average Bonchev–Trinajstić information content (AvgIpc) is 2.31. The lowest BCUT2D eigenvalue weighted by molar-refractivity contribution is -0.141. The topological polar surface area (TPSA) is 66.4 Å². The summed E-state index contributed by atoms with van der Waals surface area (Å²) in [6, 6.07) is 8.50. The van der Waals surface area contributed by atoms with Crippen molar-refractivity contribution in [3.8, 4) is 0 Å². The first-order chi connectivity index (χ1) is 8.06. The number of aliphatic carboxylic acids is 1. The fraction of sp³-hybridized carbons (Fsp3) is 0.385. The molecule has 0 aliphatic rings. The molecule has 1 aromatic rings. The summed E-state index contributed by atoms with van der Waals surface area (Å²) in [4.78, 5) is 22.6. The Morgan fingerprint density at radius 2 is 1.88 bits per heavy atom. The monoisotopic (exact) mass is 235 g/mol. The first kappa shape index (κ1) is 13.2. The predicted molar refractivity (Wildman–Crippen MR) is 64.7 cm³/mol. The summed E-state index contributed by atoms with van der Waals surface area (Å²) >= 11 is 0. The van der Waals surface area contributed by atoms with E-state index in [1.807, 2.05) is 37.3 Å². The van der Waals surface area contributed by atoms with Gasteiger partial charge in [-0.3, -0.25) is 9.59 Å². The number of carbonyl (C=O) groups excluding carboxylic acids is 1. The molecule has 1 aromatic carbocycles. The van der Waals surface area contributed by atoms with Gasteiger partial charge < -0.3 is 10.4 Å². The Morgan fingerprint density at radius 1 is 1.29 bits per heavy atom. The molecule has 0 aromatic heterocycles. The molecule has 0 radical (unpaired) electrons. The summed E-state index contributed by atoms with van der Waals surface area (Å²) < 4.78 is 0. The van der Waals surface area contributed by atoms with Crippen molar-refractivity contribution in [3.05, 3.63) is 35.9 Å². The van der Waals surface area contributed by atoms with Gasteiger partial charge in [0.15, 0.2) is 0 Å². The highest BCUT2D eigenvalue weighted by Crippen LogP contribution is 2.19.